The Morgan fingerprint density at radius 2 is 1.88 bits per heavy atom. The van der Waals surface area contributed by atoms with E-state index in [2.05, 4.69) is 67.5 Å². The zero-order valence-corrected chi connectivity index (χ0v) is 15.1. The van der Waals surface area contributed by atoms with Crippen LogP contribution in [0.3, 0.4) is 0 Å². The Balaban J connectivity index is 1.88. The van der Waals surface area contributed by atoms with Crippen LogP contribution >= 0.6 is 15.9 Å². The molecule has 0 aliphatic heterocycles. The number of nitrogens with one attached hydrogen (secondary N) is 1. The number of rotatable bonds is 2. The van der Waals surface area contributed by atoms with Crippen molar-refractivity contribution >= 4 is 38.5 Å². The predicted molar refractivity (Wildman–Crippen MR) is 106 cm³/mol. The van der Waals surface area contributed by atoms with Crippen LogP contribution in [0.15, 0.2) is 63.2 Å². The van der Waals surface area contributed by atoms with Gasteiger partial charge in [0.1, 0.15) is 0 Å². The van der Waals surface area contributed by atoms with Gasteiger partial charge in [0.25, 0.3) is 0 Å². The molecule has 0 saturated heterocycles. The first-order valence-electron chi connectivity index (χ1n) is 8.12. The lowest BCUT2D eigenvalue weighted by atomic mass is 9.81. The monoisotopic (exact) mass is 395 g/mol. The van der Waals surface area contributed by atoms with E-state index in [1.165, 1.54) is 11.3 Å². The molecule has 126 valence electrons. The fourth-order valence-corrected chi connectivity index (χ4v) is 3.89. The zero-order valence-electron chi connectivity index (χ0n) is 13.5. The Morgan fingerprint density at radius 1 is 1.08 bits per heavy atom. The highest BCUT2D eigenvalue weighted by molar-refractivity contribution is 9.10. The van der Waals surface area contributed by atoms with Crippen LogP contribution in [0.2, 0.25) is 0 Å². The highest BCUT2D eigenvalue weighted by atomic mass is 79.9. The molecule has 2 aromatic carbocycles. The highest BCUT2D eigenvalue weighted by Gasteiger charge is 2.28. The summed E-state index contributed by atoms with van der Waals surface area (Å²) in [4.78, 5) is 3.55. The second-order valence-corrected chi connectivity index (χ2v) is 7.17. The average molecular weight is 396 g/mol. The van der Waals surface area contributed by atoms with Crippen LogP contribution in [0.4, 0.5) is 0 Å². The molecular weight excluding hydrogens is 378 g/mol. The van der Waals surface area contributed by atoms with E-state index in [1.54, 1.807) is 0 Å². The van der Waals surface area contributed by atoms with Crippen molar-refractivity contribution in [1.82, 2.24) is 4.98 Å². The number of fused-ring (bicyclic) bond motifs is 3. The maximum absolute atomic E-state index is 5.49. The molecule has 0 radical (unpaired) electrons. The number of guanidine groups is 1. The molecule has 0 bridgehead atoms. The zero-order chi connectivity index (χ0) is 17.4. The van der Waals surface area contributed by atoms with E-state index in [0.717, 1.165) is 39.5 Å². The summed E-state index contributed by atoms with van der Waals surface area (Å²) < 4.78 is 1.04. The first kappa shape index (κ1) is 15.9. The van der Waals surface area contributed by atoms with Crippen LogP contribution in [0, 0.1) is 0 Å². The summed E-state index contributed by atoms with van der Waals surface area (Å²) in [6.07, 6.45) is 1.74. The number of aromatic amines is 1. The lowest BCUT2D eigenvalue weighted by Crippen LogP contribution is -2.23. The summed E-state index contributed by atoms with van der Waals surface area (Å²) >= 11 is 3.55. The molecule has 6 heteroatoms. The number of halogens is 1. The lowest BCUT2D eigenvalue weighted by Gasteiger charge is -2.24. The molecule has 0 fully saturated rings. The van der Waals surface area contributed by atoms with Crippen LogP contribution in [0.5, 0.6) is 0 Å². The number of aromatic nitrogens is 1. The second kappa shape index (κ2) is 6.37. The van der Waals surface area contributed by atoms with Crippen molar-refractivity contribution in [3.63, 3.8) is 0 Å². The van der Waals surface area contributed by atoms with E-state index in [0.29, 0.717) is 5.92 Å². The van der Waals surface area contributed by atoms with E-state index in [9.17, 15) is 0 Å². The number of hydrogen-bond donors (Lipinski definition) is 3. The van der Waals surface area contributed by atoms with E-state index < -0.39 is 0 Å². The van der Waals surface area contributed by atoms with Crippen LogP contribution in [-0.2, 0) is 6.42 Å². The summed E-state index contributed by atoms with van der Waals surface area (Å²) in [7, 11) is 0. The molecule has 5 nitrogen and oxygen atoms in total. The summed E-state index contributed by atoms with van der Waals surface area (Å²) in [6, 6.07) is 16.7. The first-order chi connectivity index (χ1) is 12.1. The predicted octanol–water partition coefficient (Wildman–Crippen LogP) is 3.64. The van der Waals surface area contributed by atoms with Gasteiger partial charge in [-0.2, -0.15) is 5.10 Å². The molecule has 25 heavy (non-hydrogen) atoms. The minimum Gasteiger partial charge on any atom is -0.369 e. The van der Waals surface area contributed by atoms with Crippen molar-refractivity contribution in [2.75, 3.05) is 0 Å². The smallest absolute Gasteiger partial charge is 0.211 e. The summed E-state index contributed by atoms with van der Waals surface area (Å²) in [5, 5.41) is 9.43. The largest absolute Gasteiger partial charge is 0.369 e. The minimum atomic E-state index is -0.0306. The standard InChI is InChI=1S/C19H18BrN5/c20-13-6-7-15-14(10-13)18-16(23-15)8-12(11-4-2-1-3-5-11)9-17(18)24-25-19(21)22/h1-7,10,12,23H,8-9H2,(H4,21,22,25)/b24-17+. The maximum atomic E-state index is 5.49. The Labute approximate surface area is 154 Å². The van der Waals surface area contributed by atoms with E-state index in [4.69, 9.17) is 11.5 Å². The quantitative estimate of drug-likeness (QED) is 0.351. The van der Waals surface area contributed by atoms with Crippen molar-refractivity contribution in [3.05, 3.63) is 69.8 Å². The Bertz CT molecular complexity index is 984. The van der Waals surface area contributed by atoms with Gasteiger partial charge in [-0.25, -0.2) is 0 Å². The molecule has 0 amide bonds. The molecule has 5 N–H and O–H groups in total. The second-order valence-electron chi connectivity index (χ2n) is 6.26. The number of nitrogens with zero attached hydrogens (tertiary/aromatic N) is 2. The highest BCUT2D eigenvalue weighted by Crippen LogP contribution is 2.37. The summed E-state index contributed by atoms with van der Waals surface area (Å²) in [5.41, 5.74) is 16.6. The molecule has 1 aliphatic carbocycles. The van der Waals surface area contributed by atoms with Gasteiger partial charge in [0.2, 0.25) is 5.96 Å². The Morgan fingerprint density at radius 3 is 2.64 bits per heavy atom. The normalized spacial score (nSPS) is 18.3. The van der Waals surface area contributed by atoms with Gasteiger partial charge in [-0.1, -0.05) is 46.3 Å². The van der Waals surface area contributed by atoms with Crippen LogP contribution < -0.4 is 11.5 Å². The molecule has 1 aliphatic rings. The Kier molecular flexibility index (Phi) is 4.05. The van der Waals surface area contributed by atoms with Gasteiger partial charge in [-0.05, 0) is 42.5 Å². The number of hydrogen-bond acceptors (Lipinski definition) is 2. The van der Waals surface area contributed by atoms with E-state index >= 15 is 0 Å². The number of benzene rings is 2. The van der Waals surface area contributed by atoms with Crippen molar-refractivity contribution < 1.29 is 0 Å². The van der Waals surface area contributed by atoms with Gasteiger partial charge in [0.05, 0.1) is 5.71 Å². The molecular formula is C19H18BrN5. The van der Waals surface area contributed by atoms with Gasteiger partial charge < -0.3 is 16.5 Å². The molecule has 3 aromatic rings. The van der Waals surface area contributed by atoms with Crippen molar-refractivity contribution in [2.24, 2.45) is 21.7 Å². The van der Waals surface area contributed by atoms with E-state index in [-0.39, 0.29) is 5.96 Å². The topological polar surface area (TPSA) is 92.6 Å². The summed E-state index contributed by atoms with van der Waals surface area (Å²) in [6.45, 7) is 0. The molecule has 1 atom stereocenters. The van der Waals surface area contributed by atoms with Crippen LogP contribution in [0.25, 0.3) is 10.9 Å². The van der Waals surface area contributed by atoms with E-state index in [1.807, 2.05) is 12.1 Å². The summed E-state index contributed by atoms with van der Waals surface area (Å²) in [5.74, 6) is 0.315. The van der Waals surface area contributed by atoms with Gasteiger partial charge in [0.15, 0.2) is 0 Å². The molecule has 1 aromatic heterocycles. The third-order valence-corrected chi connectivity index (χ3v) is 5.07. The van der Waals surface area contributed by atoms with Gasteiger partial charge in [-0.3, -0.25) is 0 Å². The Hall–Kier alpha value is -2.60. The fraction of sp³-hybridized carbons (Fsp3) is 0.158. The van der Waals surface area contributed by atoms with Gasteiger partial charge in [-0.15, -0.1) is 5.10 Å². The van der Waals surface area contributed by atoms with Crippen molar-refractivity contribution in [3.8, 4) is 0 Å². The minimum absolute atomic E-state index is 0.0306. The first-order valence-corrected chi connectivity index (χ1v) is 8.92. The molecule has 0 spiro atoms. The molecule has 0 saturated carbocycles. The third kappa shape index (κ3) is 3.05. The fourth-order valence-electron chi connectivity index (χ4n) is 3.53. The van der Waals surface area contributed by atoms with Gasteiger partial charge in [0, 0.05) is 26.6 Å². The lowest BCUT2D eigenvalue weighted by molar-refractivity contribution is 0.685. The molecule has 4 rings (SSSR count). The van der Waals surface area contributed by atoms with Gasteiger partial charge >= 0.3 is 0 Å². The van der Waals surface area contributed by atoms with Crippen molar-refractivity contribution in [1.29, 1.82) is 0 Å². The van der Waals surface area contributed by atoms with Crippen LogP contribution in [0.1, 0.15) is 29.2 Å². The van der Waals surface area contributed by atoms with Crippen LogP contribution in [-0.4, -0.2) is 16.7 Å². The molecule has 1 heterocycles. The SMILES string of the molecule is NC(N)=N/N=C1\CC(c2ccccc2)Cc2[nH]c3ccc(Br)cc3c21. The average Bonchev–Trinajstić information content (AvgIpc) is 2.98. The molecule has 1 unspecified atom stereocenters. The third-order valence-electron chi connectivity index (χ3n) is 4.57. The maximum Gasteiger partial charge on any atom is 0.211 e. The number of nitrogens with two attached hydrogens (primary N) is 2. The number of H-pyrrole nitrogens is 1. The van der Waals surface area contributed by atoms with Crippen molar-refractivity contribution in [2.45, 2.75) is 18.8 Å².